The Kier molecular flexibility index (Phi) is 4.10. The average molecular weight is 355 g/mol. The molecule has 0 saturated carbocycles. The quantitative estimate of drug-likeness (QED) is 0.842. The number of aryl methyl sites for hydroxylation is 1. The molecule has 1 N–H and O–H groups in total. The molecule has 0 radical (unpaired) electrons. The lowest BCUT2D eigenvalue weighted by atomic mass is 9.98. The number of aldehydes is 1. The van der Waals surface area contributed by atoms with E-state index in [1.54, 1.807) is 4.68 Å². The van der Waals surface area contributed by atoms with Crippen molar-refractivity contribution in [3.05, 3.63) is 18.2 Å². The van der Waals surface area contributed by atoms with Crippen molar-refractivity contribution >= 4 is 40.6 Å². The summed E-state index contributed by atoms with van der Waals surface area (Å²) < 4.78 is 1.79. The predicted molar refractivity (Wildman–Crippen MR) is 97.2 cm³/mol. The standard InChI is InChI=1S/C18H21N5O3/c1-21-16-13(17(20-21)23-10-7-15(25)19-18(23)26)3-2-4-14(16)22-8-5-12(11-24)6-9-22/h2-4,11-12H,5-10H2,1H3,(H,19,25,26). The van der Waals surface area contributed by atoms with Gasteiger partial charge in [-0.25, -0.2) is 4.79 Å². The molecule has 0 aliphatic carbocycles. The van der Waals surface area contributed by atoms with Crippen molar-refractivity contribution in [2.24, 2.45) is 13.0 Å². The molecule has 26 heavy (non-hydrogen) atoms. The molecule has 1 aromatic carbocycles. The van der Waals surface area contributed by atoms with Crippen molar-refractivity contribution in [3.8, 4) is 0 Å². The highest BCUT2D eigenvalue weighted by molar-refractivity contribution is 6.10. The number of nitrogens with one attached hydrogen (secondary N) is 1. The van der Waals surface area contributed by atoms with Gasteiger partial charge in [0.25, 0.3) is 0 Å². The number of urea groups is 1. The van der Waals surface area contributed by atoms with Gasteiger partial charge in [-0.1, -0.05) is 6.07 Å². The number of para-hydroxylation sites is 1. The maximum atomic E-state index is 12.2. The molecular formula is C18H21N5O3. The van der Waals surface area contributed by atoms with Gasteiger partial charge < -0.3 is 9.69 Å². The minimum absolute atomic E-state index is 0.141. The number of aromatic nitrogens is 2. The Morgan fingerprint density at radius 2 is 1.96 bits per heavy atom. The molecule has 4 rings (SSSR count). The van der Waals surface area contributed by atoms with Crippen LogP contribution in [0.2, 0.25) is 0 Å². The number of fused-ring (bicyclic) bond motifs is 1. The van der Waals surface area contributed by atoms with Gasteiger partial charge in [0.2, 0.25) is 5.91 Å². The van der Waals surface area contributed by atoms with Crippen LogP contribution >= 0.6 is 0 Å². The lowest BCUT2D eigenvalue weighted by Gasteiger charge is -2.32. The van der Waals surface area contributed by atoms with Gasteiger partial charge in [-0.05, 0) is 25.0 Å². The van der Waals surface area contributed by atoms with Gasteiger partial charge in [0.15, 0.2) is 5.82 Å². The molecule has 0 atom stereocenters. The first-order chi connectivity index (χ1) is 12.6. The summed E-state index contributed by atoms with van der Waals surface area (Å²) in [6.45, 7) is 1.97. The van der Waals surface area contributed by atoms with Crippen molar-refractivity contribution in [1.29, 1.82) is 0 Å². The zero-order valence-electron chi connectivity index (χ0n) is 14.6. The van der Waals surface area contributed by atoms with Crippen LogP contribution in [-0.4, -0.2) is 47.6 Å². The zero-order chi connectivity index (χ0) is 18.3. The molecule has 136 valence electrons. The number of anilines is 2. The third kappa shape index (κ3) is 2.71. The second-order valence-corrected chi connectivity index (χ2v) is 6.84. The van der Waals surface area contributed by atoms with E-state index < -0.39 is 6.03 Å². The number of benzene rings is 1. The molecule has 2 aliphatic rings. The maximum absolute atomic E-state index is 12.2. The van der Waals surface area contributed by atoms with E-state index in [-0.39, 0.29) is 18.2 Å². The zero-order valence-corrected chi connectivity index (χ0v) is 14.6. The first-order valence-electron chi connectivity index (χ1n) is 8.86. The van der Waals surface area contributed by atoms with Crippen molar-refractivity contribution in [2.45, 2.75) is 19.3 Å². The van der Waals surface area contributed by atoms with E-state index in [0.29, 0.717) is 12.4 Å². The van der Waals surface area contributed by atoms with Crippen LogP contribution in [-0.2, 0) is 16.6 Å². The Morgan fingerprint density at radius 3 is 2.65 bits per heavy atom. The van der Waals surface area contributed by atoms with E-state index in [1.165, 1.54) is 4.90 Å². The highest BCUT2D eigenvalue weighted by Gasteiger charge is 2.29. The van der Waals surface area contributed by atoms with Crippen LogP contribution in [0.15, 0.2) is 18.2 Å². The maximum Gasteiger partial charge on any atom is 0.329 e. The summed E-state index contributed by atoms with van der Waals surface area (Å²) in [4.78, 5) is 38.4. The number of hydrogen-bond acceptors (Lipinski definition) is 5. The van der Waals surface area contributed by atoms with Crippen LogP contribution in [0.1, 0.15) is 19.3 Å². The largest absolute Gasteiger partial charge is 0.370 e. The highest BCUT2D eigenvalue weighted by Crippen LogP contribution is 2.35. The minimum atomic E-state index is -0.432. The van der Waals surface area contributed by atoms with Crippen LogP contribution in [0, 0.1) is 5.92 Å². The molecule has 8 heteroatoms. The van der Waals surface area contributed by atoms with Crippen molar-refractivity contribution in [3.63, 3.8) is 0 Å². The molecule has 3 amide bonds. The smallest absolute Gasteiger partial charge is 0.329 e. The fraction of sp³-hybridized carbons (Fsp3) is 0.444. The van der Waals surface area contributed by atoms with E-state index in [1.807, 2.05) is 19.2 Å². The summed E-state index contributed by atoms with van der Waals surface area (Å²) >= 11 is 0. The van der Waals surface area contributed by atoms with Crippen LogP contribution in [0.5, 0.6) is 0 Å². The van der Waals surface area contributed by atoms with E-state index >= 15 is 0 Å². The Balaban J connectivity index is 1.72. The van der Waals surface area contributed by atoms with Gasteiger partial charge in [-0.15, -0.1) is 0 Å². The molecule has 1 aromatic heterocycles. The molecular weight excluding hydrogens is 334 g/mol. The number of carbonyl (C=O) groups is 3. The van der Waals surface area contributed by atoms with Crippen LogP contribution < -0.4 is 15.1 Å². The van der Waals surface area contributed by atoms with Crippen molar-refractivity contribution < 1.29 is 14.4 Å². The minimum Gasteiger partial charge on any atom is -0.370 e. The fourth-order valence-corrected chi connectivity index (χ4v) is 3.80. The Bertz CT molecular complexity index is 882. The van der Waals surface area contributed by atoms with Gasteiger partial charge in [0, 0.05) is 44.4 Å². The van der Waals surface area contributed by atoms with Crippen LogP contribution in [0.25, 0.3) is 10.9 Å². The first kappa shape index (κ1) is 16.6. The van der Waals surface area contributed by atoms with Crippen LogP contribution in [0.4, 0.5) is 16.3 Å². The third-order valence-corrected chi connectivity index (χ3v) is 5.21. The first-order valence-corrected chi connectivity index (χ1v) is 8.86. The predicted octanol–water partition coefficient (Wildman–Crippen LogP) is 1.43. The summed E-state index contributed by atoms with van der Waals surface area (Å²) in [6.07, 6.45) is 3.02. The molecule has 0 bridgehead atoms. The van der Waals surface area contributed by atoms with Gasteiger partial charge in [-0.2, -0.15) is 5.10 Å². The normalized spacial score (nSPS) is 19.1. The molecule has 2 fully saturated rings. The summed E-state index contributed by atoms with van der Waals surface area (Å²) in [6, 6.07) is 5.53. The number of imide groups is 1. The second-order valence-electron chi connectivity index (χ2n) is 6.84. The number of carbonyl (C=O) groups excluding carboxylic acids is 3. The molecule has 2 saturated heterocycles. The second kappa shape index (κ2) is 6.44. The molecule has 2 aromatic rings. The van der Waals surface area contributed by atoms with Crippen molar-refractivity contribution in [1.82, 2.24) is 15.1 Å². The number of amides is 3. The molecule has 3 heterocycles. The fourth-order valence-electron chi connectivity index (χ4n) is 3.80. The summed E-state index contributed by atoms with van der Waals surface area (Å²) in [5.41, 5.74) is 2.01. The van der Waals surface area contributed by atoms with E-state index in [9.17, 15) is 14.4 Å². The van der Waals surface area contributed by atoms with E-state index in [0.717, 1.165) is 48.8 Å². The number of hydrogen-bond donors (Lipinski definition) is 1. The van der Waals surface area contributed by atoms with E-state index in [4.69, 9.17) is 0 Å². The van der Waals surface area contributed by atoms with E-state index in [2.05, 4.69) is 21.4 Å². The Morgan fingerprint density at radius 1 is 1.19 bits per heavy atom. The van der Waals surface area contributed by atoms with Crippen molar-refractivity contribution in [2.75, 3.05) is 29.4 Å². The monoisotopic (exact) mass is 355 g/mol. The lowest BCUT2D eigenvalue weighted by Crippen LogP contribution is -2.49. The topological polar surface area (TPSA) is 87.5 Å². The molecule has 0 spiro atoms. The number of piperidine rings is 1. The third-order valence-electron chi connectivity index (χ3n) is 5.21. The lowest BCUT2D eigenvalue weighted by molar-refractivity contribution is -0.120. The van der Waals surface area contributed by atoms with Gasteiger partial charge >= 0.3 is 6.03 Å². The Hall–Kier alpha value is -2.90. The summed E-state index contributed by atoms with van der Waals surface area (Å²) in [5, 5.41) is 7.79. The molecule has 8 nitrogen and oxygen atoms in total. The highest BCUT2D eigenvalue weighted by atomic mass is 16.2. The number of nitrogens with zero attached hydrogens (tertiary/aromatic N) is 4. The summed E-state index contributed by atoms with van der Waals surface area (Å²) in [5.74, 6) is 0.449. The SMILES string of the molecule is Cn1nc(N2CCC(=O)NC2=O)c2cccc(N3CCC(C=O)CC3)c21. The number of rotatable bonds is 3. The van der Waals surface area contributed by atoms with Gasteiger partial charge in [0.05, 0.1) is 11.2 Å². The Labute approximate surface area is 150 Å². The molecule has 0 unspecified atom stereocenters. The average Bonchev–Trinajstić information content (AvgIpc) is 2.99. The van der Waals surface area contributed by atoms with Gasteiger partial charge in [-0.3, -0.25) is 19.7 Å². The summed E-state index contributed by atoms with van der Waals surface area (Å²) in [7, 11) is 1.86. The van der Waals surface area contributed by atoms with Crippen LogP contribution in [0.3, 0.4) is 0 Å². The molecule has 2 aliphatic heterocycles. The van der Waals surface area contributed by atoms with Gasteiger partial charge in [0.1, 0.15) is 6.29 Å².